The Morgan fingerprint density at radius 1 is 1.47 bits per heavy atom. The van der Waals surface area contributed by atoms with E-state index in [4.69, 9.17) is 5.26 Å². The van der Waals surface area contributed by atoms with Gasteiger partial charge in [0.2, 0.25) is 0 Å². The molecule has 2 rings (SSSR count). The number of halogens is 1. The first kappa shape index (κ1) is 10.2. The van der Waals surface area contributed by atoms with Crippen LogP contribution in [0.25, 0.3) is 5.69 Å². The van der Waals surface area contributed by atoms with Crippen molar-refractivity contribution in [2.45, 2.75) is 6.92 Å². The number of hydrogen-bond acceptors (Lipinski definition) is 2. The smallest absolute Gasteiger partial charge is 0.101 e. The van der Waals surface area contributed by atoms with Crippen LogP contribution < -0.4 is 0 Å². The molecule has 0 saturated heterocycles. The fourth-order valence-corrected chi connectivity index (χ4v) is 1.76. The summed E-state index contributed by atoms with van der Waals surface area (Å²) in [7, 11) is 0. The molecule has 15 heavy (non-hydrogen) atoms. The van der Waals surface area contributed by atoms with E-state index < -0.39 is 0 Å². The zero-order chi connectivity index (χ0) is 10.8. The van der Waals surface area contributed by atoms with Crippen LogP contribution in [0.15, 0.2) is 30.6 Å². The molecule has 4 heteroatoms. The lowest BCUT2D eigenvalue weighted by molar-refractivity contribution is 0.876. The largest absolute Gasteiger partial charge is 0.239 e. The van der Waals surface area contributed by atoms with Gasteiger partial charge >= 0.3 is 0 Å². The summed E-state index contributed by atoms with van der Waals surface area (Å²) in [6, 6.07) is 7.94. The highest BCUT2D eigenvalue weighted by Gasteiger charge is 2.05. The zero-order valence-electron chi connectivity index (χ0n) is 8.11. The van der Waals surface area contributed by atoms with Gasteiger partial charge in [-0.25, -0.2) is 4.68 Å². The summed E-state index contributed by atoms with van der Waals surface area (Å²) in [5.41, 5.74) is 2.55. The van der Waals surface area contributed by atoms with Gasteiger partial charge in [-0.2, -0.15) is 10.4 Å². The van der Waals surface area contributed by atoms with E-state index >= 15 is 0 Å². The number of nitriles is 1. The highest BCUT2D eigenvalue weighted by molar-refractivity contribution is 14.1. The van der Waals surface area contributed by atoms with E-state index in [2.05, 4.69) is 33.8 Å². The van der Waals surface area contributed by atoms with Gasteiger partial charge in [0, 0.05) is 6.20 Å². The predicted octanol–water partition coefficient (Wildman–Crippen LogP) is 2.66. The average Bonchev–Trinajstić information content (AvgIpc) is 2.64. The predicted molar refractivity (Wildman–Crippen MR) is 65.7 cm³/mol. The maximum Gasteiger partial charge on any atom is 0.101 e. The lowest BCUT2D eigenvalue weighted by atomic mass is 10.1. The van der Waals surface area contributed by atoms with Crippen LogP contribution in [0, 0.1) is 21.8 Å². The lowest BCUT2D eigenvalue weighted by Gasteiger charge is -2.04. The van der Waals surface area contributed by atoms with Gasteiger partial charge in [0.25, 0.3) is 0 Å². The Morgan fingerprint density at radius 2 is 2.27 bits per heavy atom. The van der Waals surface area contributed by atoms with Gasteiger partial charge in [0.05, 0.1) is 21.0 Å². The number of benzene rings is 1. The van der Waals surface area contributed by atoms with Gasteiger partial charge < -0.3 is 0 Å². The third kappa shape index (κ3) is 2.02. The summed E-state index contributed by atoms with van der Waals surface area (Å²) in [6.45, 7) is 1.97. The second-order valence-corrected chi connectivity index (χ2v) is 4.48. The molecule has 0 unspecified atom stereocenters. The van der Waals surface area contributed by atoms with Crippen LogP contribution in [0.4, 0.5) is 0 Å². The molecule has 0 aliphatic heterocycles. The number of aromatic nitrogens is 2. The van der Waals surface area contributed by atoms with Crippen molar-refractivity contribution >= 4 is 22.6 Å². The Morgan fingerprint density at radius 3 is 2.87 bits per heavy atom. The maximum absolute atomic E-state index is 9.02. The fraction of sp³-hybridized carbons (Fsp3) is 0.0909. The molecule has 3 nitrogen and oxygen atoms in total. The Labute approximate surface area is 101 Å². The van der Waals surface area contributed by atoms with E-state index in [1.807, 2.05) is 31.3 Å². The van der Waals surface area contributed by atoms with E-state index in [1.54, 1.807) is 10.9 Å². The summed E-state index contributed by atoms with van der Waals surface area (Å²) in [4.78, 5) is 0. The normalized spacial score (nSPS) is 9.93. The molecule has 0 saturated carbocycles. The van der Waals surface area contributed by atoms with E-state index in [9.17, 15) is 0 Å². The first-order chi connectivity index (χ1) is 7.20. The number of aryl methyl sites for hydroxylation is 1. The molecule has 74 valence electrons. The maximum atomic E-state index is 9.02. The Hall–Kier alpha value is -1.35. The SMILES string of the molecule is Cc1ccc(-n2cc(I)cn2)c(C#N)c1. The molecule has 0 atom stereocenters. The van der Waals surface area contributed by atoms with E-state index in [-0.39, 0.29) is 0 Å². The topological polar surface area (TPSA) is 41.6 Å². The van der Waals surface area contributed by atoms with Gasteiger partial charge in [-0.3, -0.25) is 0 Å². The first-order valence-electron chi connectivity index (χ1n) is 4.42. The standard InChI is InChI=1S/C11H8IN3/c1-8-2-3-11(9(4-8)5-13)15-7-10(12)6-14-15/h2-4,6-7H,1H3. The molecule has 1 aromatic carbocycles. The molecule has 2 aromatic rings. The summed E-state index contributed by atoms with van der Waals surface area (Å²) in [6.07, 6.45) is 3.66. The van der Waals surface area contributed by atoms with Gasteiger partial charge in [-0.1, -0.05) is 6.07 Å². The van der Waals surface area contributed by atoms with E-state index in [0.717, 1.165) is 14.8 Å². The quantitative estimate of drug-likeness (QED) is 0.760. The van der Waals surface area contributed by atoms with E-state index in [1.165, 1.54) is 0 Å². The van der Waals surface area contributed by atoms with Crippen molar-refractivity contribution in [3.63, 3.8) is 0 Å². The van der Waals surface area contributed by atoms with Crippen LogP contribution in [0.5, 0.6) is 0 Å². The van der Waals surface area contributed by atoms with Crippen molar-refractivity contribution in [2.24, 2.45) is 0 Å². The van der Waals surface area contributed by atoms with Gasteiger partial charge in [0.1, 0.15) is 6.07 Å². The zero-order valence-corrected chi connectivity index (χ0v) is 10.3. The molecule has 0 aliphatic rings. The summed E-state index contributed by atoms with van der Waals surface area (Å²) in [5, 5.41) is 13.2. The molecule has 0 spiro atoms. The second kappa shape index (κ2) is 4.03. The Kier molecular flexibility index (Phi) is 2.73. The first-order valence-corrected chi connectivity index (χ1v) is 5.50. The monoisotopic (exact) mass is 309 g/mol. The molecule has 0 radical (unpaired) electrons. The average molecular weight is 309 g/mol. The third-order valence-electron chi connectivity index (χ3n) is 2.07. The van der Waals surface area contributed by atoms with Crippen molar-refractivity contribution in [3.8, 4) is 11.8 Å². The van der Waals surface area contributed by atoms with Crippen molar-refractivity contribution < 1.29 is 0 Å². The van der Waals surface area contributed by atoms with Crippen LogP contribution in [0.3, 0.4) is 0 Å². The molecular formula is C11H8IN3. The highest BCUT2D eigenvalue weighted by atomic mass is 127. The van der Waals surface area contributed by atoms with Gasteiger partial charge in [-0.15, -0.1) is 0 Å². The van der Waals surface area contributed by atoms with Crippen molar-refractivity contribution in [2.75, 3.05) is 0 Å². The minimum absolute atomic E-state index is 0.648. The summed E-state index contributed by atoms with van der Waals surface area (Å²) < 4.78 is 2.77. The summed E-state index contributed by atoms with van der Waals surface area (Å²) >= 11 is 2.19. The van der Waals surface area contributed by atoms with Gasteiger partial charge in [0.15, 0.2) is 0 Å². The molecule has 0 N–H and O–H groups in total. The van der Waals surface area contributed by atoms with Crippen LogP contribution in [0.1, 0.15) is 11.1 Å². The molecular weight excluding hydrogens is 301 g/mol. The minimum Gasteiger partial charge on any atom is -0.239 e. The van der Waals surface area contributed by atoms with Crippen molar-refractivity contribution in [1.82, 2.24) is 9.78 Å². The third-order valence-corrected chi connectivity index (χ3v) is 2.63. The van der Waals surface area contributed by atoms with E-state index in [0.29, 0.717) is 5.56 Å². The fourth-order valence-electron chi connectivity index (χ4n) is 1.37. The minimum atomic E-state index is 0.648. The molecule has 0 aliphatic carbocycles. The molecule has 1 heterocycles. The Bertz CT molecular complexity index is 537. The molecule has 0 amide bonds. The number of hydrogen-bond donors (Lipinski definition) is 0. The second-order valence-electron chi connectivity index (χ2n) is 3.24. The lowest BCUT2D eigenvalue weighted by Crippen LogP contribution is -1.97. The molecule has 0 bridgehead atoms. The number of nitrogens with zero attached hydrogens (tertiary/aromatic N) is 3. The van der Waals surface area contributed by atoms with Crippen LogP contribution in [-0.2, 0) is 0 Å². The Balaban J connectivity index is 2.58. The van der Waals surface area contributed by atoms with Crippen molar-refractivity contribution in [3.05, 3.63) is 45.3 Å². The molecule has 0 fully saturated rings. The highest BCUT2D eigenvalue weighted by Crippen LogP contribution is 2.16. The van der Waals surface area contributed by atoms with Gasteiger partial charge in [-0.05, 0) is 47.2 Å². The van der Waals surface area contributed by atoms with Crippen molar-refractivity contribution in [1.29, 1.82) is 5.26 Å². The summed E-state index contributed by atoms with van der Waals surface area (Å²) in [5.74, 6) is 0. The van der Waals surface area contributed by atoms with Crippen LogP contribution >= 0.6 is 22.6 Å². The molecule has 1 aromatic heterocycles. The number of rotatable bonds is 1. The van der Waals surface area contributed by atoms with Crippen LogP contribution in [-0.4, -0.2) is 9.78 Å². The van der Waals surface area contributed by atoms with Crippen LogP contribution in [0.2, 0.25) is 0 Å².